The Morgan fingerprint density at radius 3 is 2.63 bits per heavy atom. The van der Waals surface area contributed by atoms with E-state index in [1.165, 1.54) is 0 Å². The quantitative estimate of drug-likeness (QED) is 0.863. The number of hydrogen-bond donors (Lipinski definition) is 2. The van der Waals surface area contributed by atoms with Crippen LogP contribution in [0.15, 0.2) is 22.7 Å². The number of anilines is 1. The number of benzene rings is 1. The van der Waals surface area contributed by atoms with Crippen LogP contribution in [0, 0.1) is 11.3 Å². The number of nitrogens with two attached hydrogens (primary N) is 1. The number of hydrogen-bond acceptors (Lipinski definition) is 2. The number of carbonyl (C=O) groups is 1. The van der Waals surface area contributed by atoms with E-state index in [-0.39, 0.29) is 17.2 Å². The van der Waals surface area contributed by atoms with Crippen molar-refractivity contribution < 1.29 is 4.79 Å². The number of nitrogens with one attached hydrogen (secondary N) is 1. The molecule has 5 heteroatoms. The molecule has 1 atom stereocenters. The number of halogens is 2. The van der Waals surface area contributed by atoms with Gasteiger partial charge < -0.3 is 11.1 Å². The lowest BCUT2D eigenvalue weighted by Gasteiger charge is -2.24. The highest BCUT2D eigenvalue weighted by atomic mass is 79.9. The Hall–Kier alpha value is -0.580. The summed E-state index contributed by atoms with van der Waals surface area (Å²) in [7, 11) is 0. The molecule has 0 spiro atoms. The fourth-order valence-electron chi connectivity index (χ4n) is 1.86. The van der Waals surface area contributed by atoms with Crippen LogP contribution >= 0.6 is 27.5 Å². The van der Waals surface area contributed by atoms with Gasteiger partial charge in [-0.15, -0.1) is 0 Å². The second-order valence-corrected chi connectivity index (χ2v) is 6.99. The van der Waals surface area contributed by atoms with E-state index in [9.17, 15) is 4.79 Å². The van der Waals surface area contributed by atoms with Gasteiger partial charge in [0.25, 0.3) is 0 Å². The predicted octanol–water partition coefficient (Wildman–Crippen LogP) is 4.05. The van der Waals surface area contributed by atoms with Crippen molar-refractivity contribution in [3.8, 4) is 0 Å². The lowest BCUT2D eigenvalue weighted by molar-refractivity contribution is -0.120. The number of rotatable bonds is 4. The summed E-state index contributed by atoms with van der Waals surface area (Å²) in [6.45, 7) is 6.62. The van der Waals surface area contributed by atoms with Gasteiger partial charge in [0, 0.05) is 6.54 Å². The molecule has 3 nitrogen and oxygen atoms in total. The molecular formula is C14H20BrClN2O. The summed E-state index contributed by atoms with van der Waals surface area (Å²) in [5, 5.41) is 3.44. The number of amides is 1. The first-order valence-electron chi connectivity index (χ1n) is 6.19. The molecule has 0 aliphatic heterocycles. The van der Waals surface area contributed by atoms with Crippen LogP contribution in [0.2, 0.25) is 5.02 Å². The van der Waals surface area contributed by atoms with Crippen LogP contribution in [-0.2, 0) is 4.79 Å². The highest BCUT2D eigenvalue weighted by Crippen LogP contribution is 2.31. The van der Waals surface area contributed by atoms with Crippen molar-refractivity contribution in [1.29, 1.82) is 0 Å². The lowest BCUT2D eigenvalue weighted by atomic mass is 9.84. The van der Waals surface area contributed by atoms with Gasteiger partial charge in [-0.2, -0.15) is 0 Å². The Labute approximate surface area is 128 Å². The average molecular weight is 348 g/mol. The van der Waals surface area contributed by atoms with Gasteiger partial charge in [-0.1, -0.05) is 38.4 Å². The van der Waals surface area contributed by atoms with Gasteiger partial charge in [0.05, 0.1) is 21.1 Å². The first-order chi connectivity index (χ1) is 8.74. The molecule has 1 aromatic rings. The SMILES string of the molecule is CC(C)(C)CC(CN)C(=O)Nc1cccc(Cl)c1Br. The second kappa shape index (κ2) is 6.73. The molecule has 1 unspecified atom stereocenters. The van der Waals surface area contributed by atoms with Gasteiger partial charge in [-0.05, 0) is 39.9 Å². The molecule has 0 aromatic heterocycles. The summed E-state index contributed by atoms with van der Waals surface area (Å²) >= 11 is 9.36. The molecule has 1 aromatic carbocycles. The van der Waals surface area contributed by atoms with E-state index in [2.05, 4.69) is 42.0 Å². The van der Waals surface area contributed by atoms with E-state index >= 15 is 0 Å². The lowest BCUT2D eigenvalue weighted by Crippen LogP contribution is -2.32. The van der Waals surface area contributed by atoms with E-state index in [1.54, 1.807) is 18.2 Å². The maximum Gasteiger partial charge on any atom is 0.228 e. The van der Waals surface area contributed by atoms with Crippen molar-refractivity contribution >= 4 is 39.1 Å². The van der Waals surface area contributed by atoms with Crippen LogP contribution in [0.3, 0.4) is 0 Å². The molecule has 0 radical (unpaired) electrons. The molecule has 0 saturated carbocycles. The van der Waals surface area contributed by atoms with Crippen LogP contribution in [0.1, 0.15) is 27.2 Å². The maximum absolute atomic E-state index is 12.2. The fraction of sp³-hybridized carbons (Fsp3) is 0.500. The zero-order chi connectivity index (χ0) is 14.6. The van der Waals surface area contributed by atoms with Crippen LogP contribution in [0.25, 0.3) is 0 Å². The van der Waals surface area contributed by atoms with Crippen LogP contribution in [0.4, 0.5) is 5.69 Å². The van der Waals surface area contributed by atoms with Crippen molar-refractivity contribution in [3.05, 3.63) is 27.7 Å². The van der Waals surface area contributed by atoms with Gasteiger partial charge in [0.1, 0.15) is 0 Å². The molecule has 19 heavy (non-hydrogen) atoms. The fourth-order valence-corrected chi connectivity index (χ4v) is 2.40. The van der Waals surface area contributed by atoms with Crippen LogP contribution in [0.5, 0.6) is 0 Å². The standard InChI is InChI=1S/C14H20BrClN2O/c1-14(2,3)7-9(8-17)13(19)18-11-6-4-5-10(16)12(11)15/h4-6,9H,7-8,17H2,1-3H3,(H,18,19). The van der Waals surface area contributed by atoms with E-state index < -0.39 is 0 Å². The van der Waals surface area contributed by atoms with Gasteiger partial charge in [0.2, 0.25) is 5.91 Å². The Bertz CT molecular complexity index is 457. The summed E-state index contributed by atoms with van der Waals surface area (Å²) in [5.74, 6) is -0.272. The molecule has 0 aliphatic rings. The largest absolute Gasteiger partial charge is 0.330 e. The number of carbonyl (C=O) groups excluding carboxylic acids is 1. The van der Waals surface area contributed by atoms with E-state index in [0.717, 1.165) is 6.42 Å². The molecule has 3 N–H and O–H groups in total. The summed E-state index contributed by atoms with van der Waals surface area (Å²) in [6, 6.07) is 5.36. The summed E-state index contributed by atoms with van der Waals surface area (Å²) in [6.07, 6.45) is 0.744. The van der Waals surface area contributed by atoms with Gasteiger partial charge in [-0.25, -0.2) is 0 Å². The Morgan fingerprint density at radius 2 is 2.11 bits per heavy atom. The van der Waals surface area contributed by atoms with Gasteiger partial charge >= 0.3 is 0 Å². The molecule has 1 rings (SSSR count). The third-order valence-electron chi connectivity index (χ3n) is 2.72. The normalized spacial score (nSPS) is 13.2. The zero-order valence-corrected chi connectivity index (χ0v) is 13.8. The molecule has 106 valence electrons. The van der Waals surface area contributed by atoms with E-state index in [1.807, 2.05) is 0 Å². The first kappa shape index (κ1) is 16.5. The van der Waals surface area contributed by atoms with Crippen LogP contribution in [-0.4, -0.2) is 12.5 Å². The van der Waals surface area contributed by atoms with Crippen molar-refractivity contribution in [3.63, 3.8) is 0 Å². The predicted molar refractivity (Wildman–Crippen MR) is 84.4 cm³/mol. The minimum atomic E-state index is -0.203. The van der Waals surface area contributed by atoms with Crippen molar-refractivity contribution in [1.82, 2.24) is 0 Å². The zero-order valence-electron chi connectivity index (χ0n) is 11.5. The van der Waals surface area contributed by atoms with Gasteiger partial charge in [-0.3, -0.25) is 4.79 Å². The monoisotopic (exact) mass is 346 g/mol. The summed E-state index contributed by atoms with van der Waals surface area (Å²) in [4.78, 5) is 12.2. The topological polar surface area (TPSA) is 55.1 Å². The molecule has 0 saturated heterocycles. The molecule has 1 amide bonds. The second-order valence-electron chi connectivity index (χ2n) is 5.79. The van der Waals surface area contributed by atoms with E-state index in [4.69, 9.17) is 17.3 Å². The molecule has 0 aliphatic carbocycles. The Balaban J connectivity index is 2.80. The first-order valence-corrected chi connectivity index (χ1v) is 7.36. The molecular weight excluding hydrogens is 328 g/mol. The van der Waals surface area contributed by atoms with Crippen molar-refractivity contribution in [2.45, 2.75) is 27.2 Å². The third kappa shape index (κ3) is 5.13. The van der Waals surface area contributed by atoms with Crippen molar-refractivity contribution in [2.24, 2.45) is 17.1 Å². The van der Waals surface area contributed by atoms with Crippen LogP contribution < -0.4 is 11.1 Å². The molecule has 0 bridgehead atoms. The highest BCUT2D eigenvalue weighted by Gasteiger charge is 2.24. The Kier molecular flexibility index (Phi) is 5.83. The summed E-state index contributed by atoms with van der Waals surface area (Å²) in [5.41, 5.74) is 6.44. The maximum atomic E-state index is 12.2. The highest BCUT2D eigenvalue weighted by molar-refractivity contribution is 9.10. The summed E-state index contributed by atoms with van der Waals surface area (Å²) < 4.78 is 0.691. The minimum absolute atomic E-state index is 0.0624. The molecule has 0 heterocycles. The van der Waals surface area contributed by atoms with E-state index in [0.29, 0.717) is 21.7 Å². The van der Waals surface area contributed by atoms with Crippen molar-refractivity contribution in [2.75, 3.05) is 11.9 Å². The Morgan fingerprint density at radius 1 is 1.47 bits per heavy atom. The smallest absolute Gasteiger partial charge is 0.228 e. The third-order valence-corrected chi connectivity index (χ3v) is 4.12. The minimum Gasteiger partial charge on any atom is -0.330 e. The molecule has 0 fully saturated rings. The average Bonchev–Trinajstić information content (AvgIpc) is 2.30. The van der Waals surface area contributed by atoms with Gasteiger partial charge in [0.15, 0.2) is 0 Å².